The van der Waals surface area contributed by atoms with Gasteiger partial charge < -0.3 is 15.3 Å². The minimum absolute atomic E-state index is 0.219. The predicted octanol–water partition coefficient (Wildman–Crippen LogP) is 0.519. The summed E-state index contributed by atoms with van der Waals surface area (Å²) in [6, 6.07) is 0. The maximum atomic E-state index is 11.0. The average Bonchev–Trinajstić information content (AvgIpc) is 2.15. The van der Waals surface area contributed by atoms with Gasteiger partial charge in [-0.3, -0.25) is 14.4 Å². The second-order valence-electron chi connectivity index (χ2n) is 4.23. The van der Waals surface area contributed by atoms with Crippen LogP contribution in [0.2, 0.25) is 0 Å². The van der Waals surface area contributed by atoms with Crippen LogP contribution in [0, 0.1) is 23.7 Å². The van der Waals surface area contributed by atoms with E-state index in [1.165, 1.54) is 0 Å². The van der Waals surface area contributed by atoms with Gasteiger partial charge in [-0.05, 0) is 18.8 Å². The van der Waals surface area contributed by atoms with Crippen LogP contribution >= 0.6 is 0 Å². The van der Waals surface area contributed by atoms with Crippen LogP contribution in [-0.4, -0.2) is 33.2 Å². The Hall–Kier alpha value is -1.59. The lowest BCUT2D eigenvalue weighted by molar-refractivity contribution is -0.167. The summed E-state index contributed by atoms with van der Waals surface area (Å²) < 4.78 is 0. The van der Waals surface area contributed by atoms with E-state index in [1.807, 2.05) is 0 Å². The van der Waals surface area contributed by atoms with E-state index in [9.17, 15) is 14.4 Å². The van der Waals surface area contributed by atoms with E-state index in [0.29, 0.717) is 6.42 Å². The maximum Gasteiger partial charge on any atom is 0.308 e. The monoisotopic (exact) mass is 230 g/mol. The highest BCUT2D eigenvalue weighted by Gasteiger charge is 2.48. The molecule has 0 aliphatic heterocycles. The molecular weight excluding hydrogens is 216 g/mol. The first-order valence-corrected chi connectivity index (χ1v) is 5.04. The van der Waals surface area contributed by atoms with Gasteiger partial charge in [0.2, 0.25) is 0 Å². The van der Waals surface area contributed by atoms with Crippen molar-refractivity contribution in [3.63, 3.8) is 0 Å². The van der Waals surface area contributed by atoms with E-state index in [2.05, 4.69) is 0 Å². The van der Waals surface area contributed by atoms with Crippen molar-refractivity contribution in [2.24, 2.45) is 23.7 Å². The average molecular weight is 230 g/mol. The predicted molar refractivity (Wildman–Crippen MR) is 51.8 cm³/mol. The van der Waals surface area contributed by atoms with E-state index in [-0.39, 0.29) is 12.3 Å². The van der Waals surface area contributed by atoms with Gasteiger partial charge in [0.05, 0.1) is 17.8 Å². The molecule has 6 nitrogen and oxygen atoms in total. The van der Waals surface area contributed by atoms with Gasteiger partial charge in [-0.1, -0.05) is 6.92 Å². The van der Waals surface area contributed by atoms with E-state index in [0.717, 1.165) is 0 Å². The van der Waals surface area contributed by atoms with Crippen LogP contribution in [0.4, 0.5) is 0 Å². The Labute approximate surface area is 91.9 Å². The van der Waals surface area contributed by atoms with Gasteiger partial charge in [0.25, 0.3) is 0 Å². The molecule has 0 saturated heterocycles. The minimum atomic E-state index is -1.34. The summed E-state index contributed by atoms with van der Waals surface area (Å²) in [5.74, 6) is -7.67. The highest BCUT2D eigenvalue weighted by Crippen LogP contribution is 2.39. The molecule has 1 aliphatic rings. The van der Waals surface area contributed by atoms with Gasteiger partial charge in [-0.15, -0.1) is 0 Å². The number of hydrogen-bond donors (Lipinski definition) is 3. The molecule has 0 aromatic carbocycles. The Kier molecular flexibility index (Phi) is 3.51. The largest absolute Gasteiger partial charge is 0.481 e. The molecule has 0 radical (unpaired) electrons. The Morgan fingerprint density at radius 2 is 1.38 bits per heavy atom. The van der Waals surface area contributed by atoms with Gasteiger partial charge in [0.15, 0.2) is 0 Å². The third kappa shape index (κ3) is 2.15. The number of rotatable bonds is 3. The Morgan fingerprint density at radius 1 is 0.875 bits per heavy atom. The lowest BCUT2D eigenvalue weighted by atomic mass is 9.67. The molecule has 1 aliphatic carbocycles. The second kappa shape index (κ2) is 4.51. The summed E-state index contributed by atoms with van der Waals surface area (Å²) in [6.45, 7) is 1.65. The zero-order valence-electron chi connectivity index (χ0n) is 8.79. The molecular formula is C10H14O6. The summed E-state index contributed by atoms with van der Waals surface area (Å²) in [5, 5.41) is 26.8. The molecule has 0 amide bonds. The van der Waals surface area contributed by atoms with Crippen LogP contribution in [0.1, 0.15) is 19.8 Å². The standard InChI is InChI=1S/C10H14O6/c1-4-2-3-5(8(11)12)7(10(15)16)6(4)9(13)14/h4-7H,2-3H2,1H3,(H,11,12)(H,13,14)(H,15,16). The first-order chi connectivity index (χ1) is 7.36. The molecule has 3 N–H and O–H groups in total. The zero-order chi connectivity index (χ0) is 12.5. The fraction of sp³-hybridized carbons (Fsp3) is 0.700. The summed E-state index contributed by atoms with van der Waals surface area (Å²) in [6.07, 6.45) is 0.648. The van der Waals surface area contributed by atoms with Crippen molar-refractivity contribution in [1.29, 1.82) is 0 Å². The van der Waals surface area contributed by atoms with Crippen molar-refractivity contribution < 1.29 is 29.7 Å². The molecule has 90 valence electrons. The van der Waals surface area contributed by atoms with Crippen LogP contribution in [0.3, 0.4) is 0 Å². The Morgan fingerprint density at radius 3 is 1.75 bits per heavy atom. The van der Waals surface area contributed by atoms with E-state index in [1.54, 1.807) is 6.92 Å². The van der Waals surface area contributed by atoms with Crippen LogP contribution in [0.5, 0.6) is 0 Å². The molecule has 16 heavy (non-hydrogen) atoms. The second-order valence-corrected chi connectivity index (χ2v) is 4.23. The minimum Gasteiger partial charge on any atom is -0.481 e. The van der Waals surface area contributed by atoms with Gasteiger partial charge in [-0.25, -0.2) is 0 Å². The van der Waals surface area contributed by atoms with Crippen molar-refractivity contribution in [1.82, 2.24) is 0 Å². The summed E-state index contributed by atoms with van der Waals surface area (Å²) >= 11 is 0. The normalized spacial score (nSPS) is 34.3. The Balaban J connectivity index is 3.06. The van der Waals surface area contributed by atoms with E-state index >= 15 is 0 Å². The third-order valence-corrected chi connectivity index (χ3v) is 3.25. The van der Waals surface area contributed by atoms with Gasteiger partial charge in [0, 0.05) is 0 Å². The highest BCUT2D eigenvalue weighted by atomic mass is 16.4. The maximum absolute atomic E-state index is 11.0. The van der Waals surface area contributed by atoms with Crippen molar-refractivity contribution in [3.8, 4) is 0 Å². The summed E-state index contributed by atoms with van der Waals surface area (Å²) in [5.41, 5.74) is 0. The van der Waals surface area contributed by atoms with Gasteiger partial charge >= 0.3 is 17.9 Å². The Bertz CT molecular complexity index is 323. The van der Waals surface area contributed by atoms with Crippen LogP contribution in [0.25, 0.3) is 0 Å². The van der Waals surface area contributed by atoms with E-state index in [4.69, 9.17) is 15.3 Å². The quantitative estimate of drug-likeness (QED) is 0.651. The lowest BCUT2D eigenvalue weighted by Gasteiger charge is -2.35. The SMILES string of the molecule is CC1CCC(C(=O)O)C(C(=O)O)C1C(=O)O. The molecule has 0 aromatic heterocycles. The molecule has 4 atom stereocenters. The molecule has 6 heteroatoms. The number of hydrogen-bond acceptors (Lipinski definition) is 3. The van der Waals surface area contributed by atoms with E-state index < -0.39 is 35.7 Å². The number of carboxylic acids is 3. The molecule has 4 unspecified atom stereocenters. The number of carboxylic acid groups (broad SMARTS) is 3. The van der Waals surface area contributed by atoms with Crippen LogP contribution in [0.15, 0.2) is 0 Å². The summed E-state index contributed by atoms with van der Waals surface area (Å²) in [7, 11) is 0. The van der Waals surface area contributed by atoms with Gasteiger partial charge in [-0.2, -0.15) is 0 Å². The van der Waals surface area contributed by atoms with Crippen LogP contribution < -0.4 is 0 Å². The third-order valence-electron chi connectivity index (χ3n) is 3.25. The first-order valence-electron chi connectivity index (χ1n) is 5.04. The topological polar surface area (TPSA) is 112 Å². The van der Waals surface area contributed by atoms with Crippen molar-refractivity contribution in [2.75, 3.05) is 0 Å². The fourth-order valence-corrected chi connectivity index (χ4v) is 2.41. The summed E-state index contributed by atoms with van der Waals surface area (Å²) in [4.78, 5) is 32.9. The highest BCUT2D eigenvalue weighted by molar-refractivity contribution is 5.85. The first kappa shape index (κ1) is 12.5. The van der Waals surface area contributed by atoms with Gasteiger partial charge in [0.1, 0.15) is 0 Å². The fourth-order valence-electron chi connectivity index (χ4n) is 2.41. The molecule has 0 heterocycles. The number of aliphatic carboxylic acids is 3. The molecule has 0 spiro atoms. The smallest absolute Gasteiger partial charge is 0.308 e. The molecule has 1 saturated carbocycles. The zero-order valence-corrected chi connectivity index (χ0v) is 8.79. The van der Waals surface area contributed by atoms with Crippen molar-refractivity contribution >= 4 is 17.9 Å². The number of carbonyl (C=O) groups is 3. The van der Waals surface area contributed by atoms with Crippen molar-refractivity contribution in [3.05, 3.63) is 0 Å². The molecule has 1 rings (SSSR count). The molecule has 0 aromatic rings. The molecule has 0 bridgehead atoms. The molecule has 1 fully saturated rings. The lowest BCUT2D eigenvalue weighted by Crippen LogP contribution is -2.45. The van der Waals surface area contributed by atoms with Crippen LogP contribution in [-0.2, 0) is 14.4 Å². The van der Waals surface area contributed by atoms with Crippen molar-refractivity contribution in [2.45, 2.75) is 19.8 Å².